The number of aromatic nitrogens is 2. The van der Waals surface area contributed by atoms with Gasteiger partial charge in [0, 0.05) is 11.8 Å². The molecule has 0 amide bonds. The van der Waals surface area contributed by atoms with E-state index in [9.17, 15) is 24.9 Å². The summed E-state index contributed by atoms with van der Waals surface area (Å²) in [6.45, 7) is 0.858. The summed E-state index contributed by atoms with van der Waals surface area (Å²) in [5.74, 6) is 0. The van der Waals surface area contributed by atoms with Gasteiger partial charge in [0.25, 0.3) is 5.56 Å². The van der Waals surface area contributed by atoms with Gasteiger partial charge in [-0.25, -0.2) is 4.79 Å². The van der Waals surface area contributed by atoms with Gasteiger partial charge in [-0.15, -0.1) is 0 Å². The first kappa shape index (κ1) is 14.9. The Morgan fingerprint density at radius 3 is 2.50 bits per heavy atom. The van der Waals surface area contributed by atoms with Crippen molar-refractivity contribution >= 4 is 0 Å². The Hall–Kier alpha value is -1.52. The lowest BCUT2D eigenvalue weighted by atomic mass is 9.98. The van der Waals surface area contributed by atoms with Crippen LogP contribution in [0.4, 0.5) is 0 Å². The molecule has 5 N–H and O–H groups in total. The van der Waals surface area contributed by atoms with Gasteiger partial charge < -0.3 is 25.2 Å². The minimum atomic E-state index is -1.59. The van der Waals surface area contributed by atoms with E-state index in [1.54, 1.807) is 0 Å². The Labute approximate surface area is 112 Å². The monoisotopic (exact) mass is 288 g/mol. The molecule has 1 aromatic rings. The third-order valence-corrected chi connectivity index (χ3v) is 3.29. The summed E-state index contributed by atoms with van der Waals surface area (Å²) in [6.07, 6.45) is -5.97. The molecule has 0 unspecified atom stereocenters. The minimum Gasteiger partial charge on any atom is -0.394 e. The third kappa shape index (κ3) is 2.41. The van der Waals surface area contributed by atoms with Gasteiger partial charge in [0.1, 0.15) is 24.4 Å². The van der Waals surface area contributed by atoms with Crippen molar-refractivity contribution in [2.24, 2.45) is 0 Å². The highest BCUT2D eigenvalue weighted by molar-refractivity contribution is 5.03. The van der Waals surface area contributed by atoms with E-state index >= 15 is 0 Å². The topological polar surface area (TPSA) is 145 Å². The normalized spacial score (nSPS) is 34.1. The van der Waals surface area contributed by atoms with E-state index in [0.29, 0.717) is 0 Å². The lowest BCUT2D eigenvalue weighted by Gasteiger charge is -2.40. The largest absolute Gasteiger partial charge is 0.394 e. The molecule has 2 rings (SSSR count). The first-order chi connectivity index (χ1) is 9.36. The molecule has 112 valence electrons. The van der Waals surface area contributed by atoms with Crippen LogP contribution in [0.3, 0.4) is 0 Å². The zero-order valence-electron chi connectivity index (χ0n) is 10.6. The van der Waals surface area contributed by atoms with Gasteiger partial charge in [-0.1, -0.05) is 0 Å². The molecule has 1 aliphatic rings. The quantitative estimate of drug-likeness (QED) is 0.385. The second-order valence-electron chi connectivity index (χ2n) is 4.70. The molecule has 20 heavy (non-hydrogen) atoms. The third-order valence-electron chi connectivity index (χ3n) is 3.29. The Morgan fingerprint density at radius 2 is 1.90 bits per heavy atom. The van der Waals surface area contributed by atoms with Crippen molar-refractivity contribution in [2.45, 2.75) is 37.6 Å². The van der Waals surface area contributed by atoms with Crippen LogP contribution in [-0.4, -0.2) is 61.0 Å². The predicted octanol–water partition coefficient (Wildman–Crippen LogP) is -3.18. The second kappa shape index (κ2) is 5.46. The fraction of sp³-hybridized carbons (Fsp3) is 0.636. The van der Waals surface area contributed by atoms with Crippen molar-refractivity contribution in [1.29, 1.82) is 0 Å². The molecule has 0 aliphatic carbocycles. The number of H-pyrrole nitrogens is 1. The van der Waals surface area contributed by atoms with Gasteiger partial charge in [0.2, 0.25) is 0 Å². The van der Waals surface area contributed by atoms with E-state index in [-0.39, 0.29) is 5.56 Å². The summed E-state index contributed by atoms with van der Waals surface area (Å²) in [7, 11) is 0. The zero-order valence-corrected chi connectivity index (χ0v) is 10.6. The maximum absolute atomic E-state index is 11.7. The highest BCUT2D eigenvalue weighted by Crippen LogP contribution is 2.27. The molecule has 5 atom stereocenters. The Morgan fingerprint density at radius 1 is 1.25 bits per heavy atom. The summed E-state index contributed by atoms with van der Waals surface area (Å²) in [5, 5.41) is 38.3. The van der Waals surface area contributed by atoms with Crippen molar-refractivity contribution in [2.75, 3.05) is 6.61 Å². The van der Waals surface area contributed by atoms with Crippen LogP contribution >= 0.6 is 0 Å². The van der Waals surface area contributed by atoms with Gasteiger partial charge in [-0.2, -0.15) is 0 Å². The highest BCUT2D eigenvalue weighted by atomic mass is 16.6. The number of aliphatic hydroxyl groups excluding tert-OH is 4. The van der Waals surface area contributed by atoms with Gasteiger partial charge in [0.05, 0.1) is 6.61 Å². The molecule has 0 saturated carbocycles. The van der Waals surface area contributed by atoms with E-state index in [1.807, 2.05) is 4.98 Å². The number of aliphatic hydroxyl groups is 4. The highest BCUT2D eigenvalue weighted by Gasteiger charge is 2.44. The van der Waals surface area contributed by atoms with Gasteiger partial charge in [-0.05, 0) is 6.92 Å². The molecular weight excluding hydrogens is 272 g/mol. The Balaban J connectivity index is 2.44. The predicted molar refractivity (Wildman–Crippen MR) is 65.1 cm³/mol. The van der Waals surface area contributed by atoms with Crippen LogP contribution in [0.2, 0.25) is 0 Å². The van der Waals surface area contributed by atoms with E-state index in [4.69, 9.17) is 9.84 Å². The summed E-state index contributed by atoms with van der Waals surface area (Å²) in [4.78, 5) is 25.1. The minimum absolute atomic E-state index is 0.210. The van der Waals surface area contributed by atoms with Gasteiger partial charge in [-0.3, -0.25) is 14.3 Å². The lowest BCUT2D eigenvalue weighted by molar-refractivity contribution is -0.252. The fourth-order valence-corrected chi connectivity index (χ4v) is 2.09. The number of aryl methyl sites for hydroxylation is 1. The summed E-state index contributed by atoms with van der Waals surface area (Å²) < 4.78 is 6.13. The van der Waals surface area contributed by atoms with Crippen molar-refractivity contribution in [3.63, 3.8) is 0 Å². The van der Waals surface area contributed by atoms with Crippen LogP contribution in [0.15, 0.2) is 15.8 Å². The van der Waals surface area contributed by atoms with Crippen LogP contribution in [0, 0.1) is 6.92 Å². The van der Waals surface area contributed by atoms with E-state index in [0.717, 1.165) is 4.57 Å². The van der Waals surface area contributed by atoms with Crippen molar-refractivity contribution < 1.29 is 25.2 Å². The maximum atomic E-state index is 11.7. The lowest BCUT2D eigenvalue weighted by Crippen LogP contribution is -2.58. The number of hydrogen-bond donors (Lipinski definition) is 5. The van der Waals surface area contributed by atoms with Crippen molar-refractivity contribution in [3.8, 4) is 0 Å². The number of nitrogens with zero attached hydrogens (tertiary/aromatic N) is 1. The molecule has 1 aliphatic heterocycles. The molecule has 9 heteroatoms. The zero-order chi connectivity index (χ0) is 15.0. The Kier molecular flexibility index (Phi) is 4.06. The molecule has 0 aromatic carbocycles. The smallest absolute Gasteiger partial charge is 0.330 e. The number of nitrogens with one attached hydrogen (secondary N) is 1. The summed E-state index contributed by atoms with van der Waals surface area (Å²) in [5.41, 5.74) is -1.19. The second-order valence-corrected chi connectivity index (χ2v) is 4.70. The van der Waals surface area contributed by atoms with Crippen molar-refractivity contribution in [1.82, 2.24) is 9.55 Å². The first-order valence-corrected chi connectivity index (χ1v) is 5.99. The van der Waals surface area contributed by atoms with Crippen molar-refractivity contribution in [3.05, 3.63) is 32.6 Å². The molecular formula is C11H16N2O7. The average Bonchev–Trinajstić information content (AvgIpc) is 2.41. The molecule has 2 heterocycles. The molecule has 9 nitrogen and oxygen atoms in total. The molecule has 0 spiro atoms. The number of rotatable bonds is 2. The molecule has 1 aromatic heterocycles. The first-order valence-electron chi connectivity index (χ1n) is 5.99. The molecule has 1 fully saturated rings. The summed E-state index contributed by atoms with van der Waals surface area (Å²) >= 11 is 0. The van der Waals surface area contributed by atoms with E-state index in [2.05, 4.69) is 0 Å². The molecule has 1 saturated heterocycles. The molecule has 0 bridgehead atoms. The van der Waals surface area contributed by atoms with Crippen LogP contribution < -0.4 is 11.2 Å². The number of aromatic amines is 1. The Bertz CT molecular complexity index is 593. The number of hydrogen-bond acceptors (Lipinski definition) is 7. The van der Waals surface area contributed by atoms with E-state index in [1.165, 1.54) is 13.1 Å². The van der Waals surface area contributed by atoms with Crippen LogP contribution in [-0.2, 0) is 4.74 Å². The average molecular weight is 288 g/mol. The van der Waals surface area contributed by atoms with Gasteiger partial charge >= 0.3 is 5.69 Å². The number of ether oxygens (including phenoxy) is 1. The standard InChI is InChI=1S/C11H16N2O7/c1-4-2-13(11(19)12-9(4)18)10-8(17)7(16)6(15)5(3-14)20-10/h2,5-8,10,14-17H,3H2,1H3,(H,12,18,19)/t5-,6-,7-,8-,10+/m1/s1. The molecule has 0 radical (unpaired) electrons. The van der Waals surface area contributed by atoms with Gasteiger partial charge in [0.15, 0.2) is 6.23 Å². The maximum Gasteiger partial charge on any atom is 0.330 e. The van der Waals surface area contributed by atoms with Crippen LogP contribution in [0.5, 0.6) is 0 Å². The van der Waals surface area contributed by atoms with E-state index < -0.39 is 48.5 Å². The fourth-order valence-electron chi connectivity index (χ4n) is 2.09. The van der Waals surface area contributed by atoms with Crippen LogP contribution in [0.1, 0.15) is 11.8 Å². The summed E-state index contributed by atoms with van der Waals surface area (Å²) in [6, 6.07) is 0. The SMILES string of the molecule is Cc1cn([C@H]2O[C@H](CO)[C@@H](O)[C@@H](O)[C@H]2O)c(=O)[nH]c1=O. The van der Waals surface area contributed by atoms with Crippen LogP contribution in [0.25, 0.3) is 0 Å².